The molecule has 4 heteroatoms. The number of anilines is 1. The molecule has 0 heterocycles. The van der Waals surface area contributed by atoms with Crippen LogP contribution in [0.3, 0.4) is 0 Å². The highest BCUT2D eigenvalue weighted by molar-refractivity contribution is 5.97. The maximum Gasteiger partial charge on any atom is 0.254 e. The van der Waals surface area contributed by atoms with E-state index in [-0.39, 0.29) is 17.2 Å². The Morgan fingerprint density at radius 1 is 1.38 bits per heavy atom. The lowest BCUT2D eigenvalue weighted by molar-refractivity contribution is 0.0960. The first-order valence-electron chi connectivity index (χ1n) is 3.92. The van der Waals surface area contributed by atoms with Crippen LogP contribution in [0.1, 0.15) is 10.4 Å². The van der Waals surface area contributed by atoms with Crippen molar-refractivity contribution in [2.75, 3.05) is 19.4 Å². The van der Waals surface area contributed by atoms with E-state index in [0.717, 1.165) is 5.69 Å². The summed E-state index contributed by atoms with van der Waals surface area (Å²) in [7, 11) is 3.27. The summed E-state index contributed by atoms with van der Waals surface area (Å²) in [5.74, 6) is -0.312. The number of rotatable bonds is 2. The molecule has 1 amide bonds. The second-order valence-electron chi connectivity index (χ2n) is 2.56. The molecule has 0 aliphatic heterocycles. The van der Waals surface area contributed by atoms with E-state index < -0.39 is 0 Å². The van der Waals surface area contributed by atoms with E-state index in [1.165, 1.54) is 13.1 Å². The van der Waals surface area contributed by atoms with Crippen LogP contribution in [-0.2, 0) is 0 Å². The van der Waals surface area contributed by atoms with Crippen molar-refractivity contribution in [1.29, 1.82) is 0 Å². The van der Waals surface area contributed by atoms with Crippen LogP contribution in [0.2, 0.25) is 0 Å². The topological polar surface area (TPSA) is 61.4 Å². The Morgan fingerprint density at radius 2 is 2.08 bits per heavy atom. The lowest BCUT2D eigenvalue weighted by Crippen LogP contribution is -2.17. The van der Waals surface area contributed by atoms with Crippen LogP contribution >= 0.6 is 0 Å². The van der Waals surface area contributed by atoms with E-state index in [1.807, 2.05) is 0 Å². The minimum atomic E-state index is -0.297. The zero-order valence-corrected chi connectivity index (χ0v) is 7.59. The van der Waals surface area contributed by atoms with E-state index in [9.17, 15) is 9.90 Å². The van der Waals surface area contributed by atoms with E-state index >= 15 is 0 Å². The van der Waals surface area contributed by atoms with Gasteiger partial charge in [0, 0.05) is 19.8 Å². The maximum atomic E-state index is 11.2. The molecule has 1 rings (SSSR count). The average Bonchev–Trinajstić information content (AvgIpc) is 2.17. The molecule has 3 N–H and O–H groups in total. The van der Waals surface area contributed by atoms with Gasteiger partial charge in [-0.3, -0.25) is 4.79 Å². The fourth-order valence-corrected chi connectivity index (χ4v) is 1.01. The molecule has 0 spiro atoms. The molecule has 0 fully saturated rings. The van der Waals surface area contributed by atoms with Gasteiger partial charge in [-0.2, -0.15) is 0 Å². The number of phenols is 1. The van der Waals surface area contributed by atoms with Gasteiger partial charge in [0.1, 0.15) is 5.75 Å². The quantitative estimate of drug-likeness (QED) is 0.590. The highest BCUT2D eigenvalue weighted by Gasteiger charge is 2.09. The second-order valence-corrected chi connectivity index (χ2v) is 2.56. The third kappa shape index (κ3) is 1.90. The fraction of sp³-hybridized carbons (Fsp3) is 0.222. The van der Waals surface area contributed by atoms with Crippen molar-refractivity contribution < 1.29 is 9.90 Å². The Hall–Kier alpha value is -1.71. The first-order chi connectivity index (χ1) is 6.19. The third-order valence-corrected chi connectivity index (χ3v) is 1.76. The van der Waals surface area contributed by atoms with Gasteiger partial charge in [0.2, 0.25) is 0 Å². The molecule has 0 saturated carbocycles. The Bertz CT molecular complexity index is 323. The maximum absolute atomic E-state index is 11.2. The van der Waals surface area contributed by atoms with Crippen LogP contribution < -0.4 is 10.6 Å². The zero-order chi connectivity index (χ0) is 9.84. The minimum absolute atomic E-state index is 0.0154. The van der Waals surface area contributed by atoms with Gasteiger partial charge in [-0.1, -0.05) is 0 Å². The number of phenolic OH excluding ortho intramolecular Hbond substituents is 1. The van der Waals surface area contributed by atoms with E-state index in [2.05, 4.69) is 10.6 Å². The van der Waals surface area contributed by atoms with E-state index in [4.69, 9.17) is 0 Å². The van der Waals surface area contributed by atoms with Crippen LogP contribution in [0.25, 0.3) is 0 Å². The van der Waals surface area contributed by atoms with Crippen LogP contribution in [0, 0.1) is 0 Å². The normalized spacial score (nSPS) is 9.38. The summed E-state index contributed by atoms with van der Waals surface area (Å²) in [5.41, 5.74) is 1.06. The predicted molar refractivity (Wildman–Crippen MR) is 51.0 cm³/mol. The number of benzene rings is 1. The summed E-state index contributed by atoms with van der Waals surface area (Å²) >= 11 is 0. The Morgan fingerprint density at radius 3 is 2.62 bits per heavy atom. The molecule has 0 aliphatic rings. The Balaban J connectivity index is 3.11. The van der Waals surface area contributed by atoms with Crippen molar-refractivity contribution in [3.05, 3.63) is 23.8 Å². The molecule has 0 aromatic heterocycles. The van der Waals surface area contributed by atoms with Crippen LogP contribution in [0.5, 0.6) is 5.75 Å². The van der Waals surface area contributed by atoms with E-state index in [1.54, 1.807) is 19.2 Å². The van der Waals surface area contributed by atoms with Gasteiger partial charge in [-0.25, -0.2) is 0 Å². The number of hydrogen-bond donors (Lipinski definition) is 3. The number of hydrogen-bond acceptors (Lipinski definition) is 3. The number of carbonyl (C=O) groups is 1. The van der Waals surface area contributed by atoms with Crippen molar-refractivity contribution >= 4 is 11.6 Å². The second kappa shape index (κ2) is 3.80. The third-order valence-electron chi connectivity index (χ3n) is 1.76. The van der Waals surface area contributed by atoms with Gasteiger partial charge in [0.25, 0.3) is 5.91 Å². The molecule has 0 bridgehead atoms. The first kappa shape index (κ1) is 9.38. The summed E-state index contributed by atoms with van der Waals surface area (Å²) in [6.45, 7) is 0. The fourth-order valence-electron chi connectivity index (χ4n) is 1.01. The SMILES string of the molecule is CNC(=O)c1cc(NC)ccc1O. The van der Waals surface area contributed by atoms with Crippen LogP contribution in [-0.4, -0.2) is 25.1 Å². The molecule has 4 nitrogen and oxygen atoms in total. The molecule has 0 aliphatic carbocycles. The summed E-state index contributed by atoms with van der Waals surface area (Å²) in [5, 5.41) is 14.7. The van der Waals surface area contributed by atoms with Crippen molar-refractivity contribution in [2.24, 2.45) is 0 Å². The Labute approximate surface area is 76.6 Å². The van der Waals surface area contributed by atoms with Gasteiger partial charge < -0.3 is 15.7 Å². The molecule has 0 radical (unpaired) electrons. The standard InChI is InChI=1S/C9H12N2O2/c1-10-6-3-4-8(12)7(5-6)9(13)11-2/h3-5,10,12H,1-2H3,(H,11,13). The smallest absolute Gasteiger partial charge is 0.254 e. The van der Waals surface area contributed by atoms with Gasteiger partial charge in [0.05, 0.1) is 5.56 Å². The number of carbonyl (C=O) groups excluding carboxylic acids is 1. The van der Waals surface area contributed by atoms with Crippen molar-refractivity contribution in [2.45, 2.75) is 0 Å². The summed E-state index contributed by atoms with van der Waals surface area (Å²) in [6.07, 6.45) is 0. The molecular weight excluding hydrogens is 168 g/mol. The summed E-state index contributed by atoms with van der Waals surface area (Å²) in [4.78, 5) is 11.2. The monoisotopic (exact) mass is 180 g/mol. The highest BCUT2D eigenvalue weighted by Crippen LogP contribution is 2.20. The lowest BCUT2D eigenvalue weighted by atomic mass is 10.1. The van der Waals surface area contributed by atoms with Gasteiger partial charge in [0.15, 0.2) is 0 Å². The molecule has 0 saturated heterocycles. The average molecular weight is 180 g/mol. The van der Waals surface area contributed by atoms with Crippen molar-refractivity contribution in [1.82, 2.24) is 5.32 Å². The van der Waals surface area contributed by atoms with Crippen LogP contribution in [0.4, 0.5) is 5.69 Å². The highest BCUT2D eigenvalue weighted by atomic mass is 16.3. The molecular formula is C9H12N2O2. The number of aromatic hydroxyl groups is 1. The lowest BCUT2D eigenvalue weighted by Gasteiger charge is -2.05. The predicted octanol–water partition coefficient (Wildman–Crippen LogP) is 0.793. The van der Waals surface area contributed by atoms with Gasteiger partial charge >= 0.3 is 0 Å². The minimum Gasteiger partial charge on any atom is -0.507 e. The molecule has 1 aromatic carbocycles. The Kier molecular flexibility index (Phi) is 2.74. The largest absolute Gasteiger partial charge is 0.507 e. The number of amides is 1. The summed E-state index contributed by atoms with van der Waals surface area (Å²) in [6, 6.07) is 4.77. The molecule has 0 atom stereocenters. The van der Waals surface area contributed by atoms with Crippen molar-refractivity contribution in [3.8, 4) is 5.75 Å². The zero-order valence-electron chi connectivity index (χ0n) is 7.59. The van der Waals surface area contributed by atoms with Crippen LogP contribution in [0.15, 0.2) is 18.2 Å². The molecule has 13 heavy (non-hydrogen) atoms. The molecule has 1 aromatic rings. The molecule has 70 valence electrons. The van der Waals surface area contributed by atoms with E-state index in [0.29, 0.717) is 0 Å². The van der Waals surface area contributed by atoms with Crippen molar-refractivity contribution in [3.63, 3.8) is 0 Å². The number of nitrogens with one attached hydrogen (secondary N) is 2. The van der Waals surface area contributed by atoms with Gasteiger partial charge in [-0.05, 0) is 18.2 Å². The summed E-state index contributed by atoms with van der Waals surface area (Å²) < 4.78 is 0. The molecule has 0 unspecified atom stereocenters. The van der Waals surface area contributed by atoms with Gasteiger partial charge in [-0.15, -0.1) is 0 Å². The first-order valence-corrected chi connectivity index (χ1v) is 3.92.